The molecule has 2 N–H and O–H groups in total. The van der Waals surface area contributed by atoms with Crippen LogP contribution in [0.15, 0.2) is 18.3 Å². The van der Waals surface area contributed by atoms with Crippen molar-refractivity contribution in [1.29, 1.82) is 0 Å². The summed E-state index contributed by atoms with van der Waals surface area (Å²) in [7, 11) is 1.54. The first-order valence-electron chi connectivity index (χ1n) is 5.90. The van der Waals surface area contributed by atoms with E-state index in [4.69, 9.17) is 22.1 Å². The van der Waals surface area contributed by atoms with Crippen molar-refractivity contribution < 1.29 is 4.74 Å². The van der Waals surface area contributed by atoms with Crippen LogP contribution in [0.5, 0.6) is 5.88 Å². The number of methoxy groups -OCH3 is 1. The number of nitrogens with two attached hydrogens (primary N) is 1. The van der Waals surface area contributed by atoms with Crippen LogP contribution in [0.25, 0.3) is 0 Å². The first-order chi connectivity index (χ1) is 9.04. The lowest BCUT2D eigenvalue weighted by atomic mass is 10.1. The average Bonchev–Trinajstić information content (AvgIpc) is 2.80. The third-order valence-corrected chi connectivity index (χ3v) is 3.05. The summed E-state index contributed by atoms with van der Waals surface area (Å²) >= 11 is 6.16. The summed E-state index contributed by atoms with van der Waals surface area (Å²) in [6.45, 7) is 4.03. The maximum atomic E-state index is 6.20. The number of rotatable bonds is 4. The highest BCUT2D eigenvalue weighted by Gasteiger charge is 2.21. The van der Waals surface area contributed by atoms with Gasteiger partial charge in [-0.2, -0.15) is 5.10 Å². The summed E-state index contributed by atoms with van der Waals surface area (Å²) in [5.41, 5.74) is 7.55. The predicted molar refractivity (Wildman–Crippen MR) is 72.2 cm³/mol. The quantitative estimate of drug-likeness (QED) is 0.927. The third-order valence-electron chi connectivity index (χ3n) is 2.76. The van der Waals surface area contributed by atoms with Gasteiger partial charge in [0.1, 0.15) is 0 Å². The Balaban J connectivity index is 2.37. The number of hydrogen-bond acceptors (Lipinski definition) is 5. The van der Waals surface area contributed by atoms with Crippen LogP contribution in [-0.4, -0.2) is 27.1 Å². The summed E-state index contributed by atoms with van der Waals surface area (Å²) in [4.78, 5) is 0. The zero-order valence-corrected chi connectivity index (χ0v) is 11.8. The molecule has 2 aromatic heterocycles. The highest BCUT2D eigenvalue weighted by molar-refractivity contribution is 6.31. The van der Waals surface area contributed by atoms with Crippen LogP contribution in [0, 0.1) is 0 Å². The summed E-state index contributed by atoms with van der Waals surface area (Å²) < 4.78 is 6.76. The van der Waals surface area contributed by atoms with Gasteiger partial charge in [0.15, 0.2) is 0 Å². The average molecular weight is 282 g/mol. The predicted octanol–water partition coefficient (Wildman–Crippen LogP) is 1.96. The Labute approximate surface area is 116 Å². The monoisotopic (exact) mass is 281 g/mol. The molecule has 0 amide bonds. The highest BCUT2D eigenvalue weighted by Crippen LogP contribution is 2.27. The Morgan fingerprint density at radius 2 is 2.05 bits per heavy atom. The second-order valence-electron chi connectivity index (χ2n) is 4.39. The molecule has 1 unspecified atom stereocenters. The molecule has 0 aromatic carbocycles. The fourth-order valence-electron chi connectivity index (χ4n) is 1.80. The van der Waals surface area contributed by atoms with Gasteiger partial charge in [-0.1, -0.05) is 11.6 Å². The van der Waals surface area contributed by atoms with E-state index in [1.807, 2.05) is 13.8 Å². The van der Waals surface area contributed by atoms with Crippen LogP contribution in [0.2, 0.25) is 5.02 Å². The van der Waals surface area contributed by atoms with Gasteiger partial charge < -0.3 is 10.5 Å². The Kier molecular flexibility index (Phi) is 4.01. The van der Waals surface area contributed by atoms with Crippen LogP contribution in [0.1, 0.15) is 37.3 Å². The number of ether oxygens (including phenoxy) is 1. The Morgan fingerprint density at radius 1 is 1.32 bits per heavy atom. The molecule has 0 aliphatic heterocycles. The molecule has 6 nitrogen and oxygen atoms in total. The van der Waals surface area contributed by atoms with Crippen LogP contribution < -0.4 is 10.5 Å². The molecular formula is C12H16ClN5O. The zero-order chi connectivity index (χ0) is 14.0. The van der Waals surface area contributed by atoms with Crippen molar-refractivity contribution >= 4 is 11.6 Å². The van der Waals surface area contributed by atoms with E-state index in [9.17, 15) is 0 Å². The Morgan fingerprint density at radius 3 is 2.58 bits per heavy atom. The fourth-order valence-corrected chi connectivity index (χ4v) is 2.05. The van der Waals surface area contributed by atoms with Crippen molar-refractivity contribution in [2.75, 3.05) is 7.11 Å². The van der Waals surface area contributed by atoms with Gasteiger partial charge in [0.25, 0.3) is 0 Å². The van der Waals surface area contributed by atoms with Crippen molar-refractivity contribution in [1.82, 2.24) is 20.0 Å². The molecule has 0 spiro atoms. The van der Waals surface area contributed by atoms with E-state index in [2.05, 4.69) is 15.3 Å². The number of halogens is 1. The SMILES string of the molecule is COc1ccc(C(N)c2c(Cl)cnn2C(C)C)nn1. The lowest BCUT2D eigenvalue weighted by Crippen LogP contribution is -2.20. The molecule has 19 heavy (non-hydrogen) atoms. The molecule has 2 heterocycles. The van der Waals surface area contributed by atoms with Gasteiger partial charge in [0.05, 0.1) is 35.8 Å². The second kappa shape index (κ2) is 5.54. The van der Waals surface area contributed by atoms with Crippen molar-refractivity contribution in [2.24, 2.45) is 5.73 Å². The van der Waals surface area contributed by atoms with E-state index in [1.165, 1.54) is 7.11 Å². The molecule has 102 valence electrons. The molecule has 7 heteroatoms. The molecule has 2 rings (SSSR count). The van der Waals surface area contributed by atoms with E-state index >= 15 is 0 Å². The molecule has 0 fully saturated rings. The molecule has 0 bridgehead atoms. The summed E-state index contributed by atoms with van der Waals surface area (Å²) in [5, 5.41) is 12.7. The first kappa shape index (κ1) is 13.8. The normalized spacial score (nSPS) is 12.7. The van der Waals surface area contributed by atoms with Gasteiger partial charge in [-0.25, -0.2) is 0 Å². The highest BCUT2D eigenvalue weighted by atomic mass is 35.5. The fraction of sp³-hybridized carbons (Fsp3) is 0.417. The lowest BCUT2D eigenvalue weighted by Gasteiger charge is -2.16. The van der Waals surface area contributed by atoms with Crippen LogP contribution in [-0.2, 0) is 0 Å². The second-order valence-corrected chi connectivity index (χ2v) is 4.80. The van der Waals surface area contributed by atoms with Gasteiger partial charge in [0.2, 0.25) is 5.88 Å². The first-order valence-corrected chi connectivity index (χ1v) is 6.28. The van der Waals surface area contributed by atoms with Gasteiger partial charge in [-0.15, -0.1) is 10.2 Å². The maximum Gasteiger partial charge on any atom is 0.233 e. The van der Waals surface area contributed by atoms with Gasteiger partial charge in [0, 0.05) is 12.1 Å². The van der Waals surface area contributed by atoms with Crippen molar-refractivity contribution in [2.45, 2.75) is 25.9 Å². The standard InChI is InChI=1S/C12H16ClN5O/c1-7(2)18-12(8(13)6-15-18)11(14)9-4-5-10(19-3)17-16-9/h4-7,11H,14H2,1-3H3. The summed E-state index contributed by atoms with van der Waals surface area (Å²) in [5.74, 6) is 0.444. The molecule has 1 atom stereocenters. The van der Waals surface area contributed by atoms with Gasteiger partial charge >= 0.3 is 0 Å². The lowest BCUT2D eigenvalue weighted by molar-refractivity contribution is 0.390. The molecule has 0 saturated carbocycles. The van der Waals surface area contributed by atoms with Crippen molar-refractivity contribution in [3.63, 3.8) is 0 Å². The van der Waals surface area contributed by atoms with Crippen LogP contribution in [0.4, 0.5) is 0 Å². The topological polar surface area (TPSA) is 78.9 Å². The molecule has 0 saturated heterocycles. The van der Waals surface area contributed by atoms with Gasteiger partial charge in [-0.05, 0) is 19.9 Å². The maximum absolute atomic E-state index is 6.20. The molecule has 0 aliphatic rings. The minimum absolute atomic E-state index is 0.166. The molecule has 0 aliphatic carbocycles. The number of hydrogen-bond donors (Lipinski definition) is 1. The number of nitrogens with zero attached hydrogens (tertiary/aromatic N) is 4. The summed E-state index contributed by atoms with van der Waals surface area (Å²) in [6, 6.07) is 3.17. The van der Waals surface area contributed by atoms with Crippen molar-refractivity contribution in [3.05, 3.63) is 34.7 Å². The zero-order valence-electron chi connectivity index (χ0n) is 11.0. The summed E-state index contributed by atoms with van der Waals surface area (Å²) in [6.07, 6.45) is 1.59. The smallest absolute Gasteiger partial charge is 0.233 e. The number of aromatic nitrogens is 4. The molecular weight excluding hydrogens is 266 g/mol. The largest absolute Gasteiger partial charge is 0.480 e. The Bertz CT molecular complexity index is 552. The minimum atomic E-state index is -0.476. The molecule has 2 aromatic rings. The van der Waals surface area contributed by atoms with E-state index in [0.717, 1.165) is 5.69 Å². The van der Waals surface area contributed by atoms with Crippen LogP contribution >= 0.6 is 11.6 Å². The van der Waals surface area contributed by atoms with E-state index < -0.39 is 6.04 Å². The van der Waals surface area contributed by atoms with Crippen LogP contribution in [0.3, 0.4) is 0 Å². The van der Waals surface area contributed by atoms with E-state index in [0.29, 0.717) is 16.6 Å². The van der Waals surface area contributed by atoms with E-state index in [1.54, 1.807) is 23.0 Å². The third kappa shape index (κ3) is 2.69. The Hall–Kier alpha value is -1.66. The van der Waals surface area contributed by atoms with Gasteiger partial charge in [-0.3, -0.25) is 4.68 Å². The minimum Gasteiger partial charge on any atom is -0.480 e. The molecule has 0 radical (unpaired) electrons. The van der Waals surface area contributed by atoms with Crippen molar-refractivity contribution in [3.8, 4) is 5.88 Å². The van der Waals surface area contributed by atoms with E-state index in [-0.39, 0.29) is 6.04 Å².